The summed E-state index contributed by atoms with van der Waals surface area (Å²) in [5, 5.41) is 2.11. The molecule has 0 radical (unpaired) electrons. The molecule has 36 heavy (non-hydrogen) atoms. The molecule has 184 valence electrons. The molecule has 1 heterocycles. The van der Waals surface area contributed by atoms with E-state index in [1.54, 1.807) is 13.1 Å². The fourth-order valence-corrected chi connectivity index (χ4v) is 4.75. The van der Waals surface area contributed by atoms with Crippen LogP contribution in [0.25, 0.3) is 22.2 Å². The minimum atomic E-state index is -0.429. The number of ether oxygens (including phenoxy) is 1. The van der Waals surface area contributed by atoms with Gasteiger partial charge in [-0.05, 0) is 67.9 Å². The number of benzene rings is 3. The first-order valence-electron chi connectivity index (χ1n) is 11.8. The second-order valence-corrected chi connectivity index (χ2v) is 9.32. The van der Waals surface area contributed by atoms with Gasteiger partial charge in [0.1, 0.15) is 5.69 Å². The van der Waals surface area contributed by atoms with Crippen molar-refractivity contribution in [2.75, 3.05) is 6.61 Å². The van der Waals surface area contributed by atoms with Crippen molar-refractivity contribution in [3.05, 3.63) is 118 Å². The minimum absolute atomic E-state index is 0.110. The number of hydrogen-bond acceptors (Lipinski definition) is 3. The average Bonchev–Trinajstić information content (AvgIpc) is 3.25. The first-order chi connectivity index (χ1) is 17.3. The van der Waals surface area contributed by atoms with Crippen LogP contribution in [0.15, 0.2) is 85.6 Å². The standard InChI is InChI=1S/C30H28Cl2N2O2/c1-5-34(20(4)22-12-14-23(31)15-13-22)29(19(3)21-10-8-7-9-11-21)27-25-17-16-24(32)18-26(25)33-28(27)30(35)36-6-2/h5,7-18,20,33H,1,6H2,2-4H3/b29-19+. The Morgan fingerprint density at radius 2 is 1.72 bits per heavy atom. The largest absolute Gasteiger partial charge is 0.461 e. The van der Waals surface area contributed by atoms with Crippen molar-refractivity contribution in [1.82, 2.24) is 9.88 Å². The number of aromatic amines is 1. The SMILES string of the molecule is C=CN(/C(=C(\C)c1ccccc1)c1c(C(=O)OCC)[nH]c2cc(Cl)ccc12)C(C)c1ccc(Cl)cc1. The molecule has 1 atom stereocenters. The van der Waals surface area contributed by atoms with Crippen molar-refractivity contribution in [2.45, 2.75) is 26.8 Å². The van der Waals surface area contributed by atoms with Crippen molar-refractivity contribution in [1.29, 1.82) is 0 Å². The van der Waals surface area contributed by atoms with Crippen LogP contribution in [0.5, 0.6) is 0 Å². The zero-order valence-corrected chi connectivity index (χ0v) is 22.0. The summed E-state index contributed by atoms with van der Waals surface area (Å²) < 4.78 is 5.45. The Balaban J connectivity index is 2.04. The number of allylic oxidation sites excluding steroid dienone is 1. The molecular weight excluding hydrogens is 491 g/mol. The Kier molecular flexibility index (Phi) is 7.88. The van der Waals surface area contributed by atoms with Crippen molar-refractivity contribution in [3.8, 4) is 0 Å². The summed E-state index contributed by atoms with van der Waals surface area (Å²) in [4.78, 5) is 18.6. The van der Waals surface area contributed by atoms with Crippen LogP contribution in [0.2, 0.25) is 10.0 Å². The molecule has 4 nitrogen and oxygen atoms in total. The summed E-state index contributed by atoms with van der Waals surface area (Å²) >= 11 is 12.5. The third-order valence-corrected chi connectivity index (χ3v) is 6.75. The van der Waals surface area contributed by atoms with E-state index < -0.39 is 5.97 Å². The van der Waals surface area contributed by atoms with Crippen molar-refractivity contribution in [2.24, 2.45) is 0 Å². The third-order valence-electron chi connectivity index (χ3n) is 6.26. The summed E-state index contributed by atoms with van der Waals surface area (Å²) in [6.07, 6.45) is 1.80. The topological polar surface area (TPSA) is 45.3 Å². The molecule has 1 aromatic heterocycles. The number of hydrogen-bond donors (Lipinski definition) is 1. The quantitative estimate of drug-likeness (QED) is 0.237. The van der Waals surface area contributed by atoms with Gasteiger partial charge in [-0.1, -0.05) is 78.3 Å². The highest BCUT2D eigenvalue weighted by molar-refractivity contribution is 6.31. The van der Waals surface area contributed by atoms with Gasteiger partial charge in [-0.2, -0.15) is 0 Å². The highest BCUT2D eigenvalue weighted by Gasteiger charge is 2.28. The van der Waals surface area contributed by atoms with Crippen LogP contribution >= 0.6 is 23.2 Å². The summed E-state index contributed by atoms with van der Waals surface area (Å²) in [7, 11) is 0. The number of fused-ring (bicyclic) bond motifs is 1. The van der Waals surface area contributed by atoms with E-state index in [0.717, 1.165) is 38.9 Å². The highest BCUT2D eigenvalue weighted by atomic mass is 35.5. The molecule has 0 amide bonds. The van der Waals surface area contributed by atoms with Crippen molar-refractivity contribution in [3.63, 3.8) is 0 Å². The van der Waals surface area contributed by atoms with Gasteiger partial charge >= 0.3 is 5.97 Å². The van der Waals surface area contributed by atoms with Crippen LogP contribution in [0.1, 0.15) is 54.0 Å². The molecule has 1 unspecified atom stereocenters. The van der Waals surface area contributed by atoms with Crippen molar-refractivity contribution >= 4 is 51.3 Å². The number of nitrogens with zero attached hydrogens (tertiary/aromatic N) is 1. The average molecular weight is 519 g/mol. The first-order valence-corrected chi connectivity index (χ1v) is 12.5. The van der Waals surface area contributed by atoms with Gasteiger partial charge in [0, 0.05) is 26.5 Å². The number of esters is 1. The van der Waals surface area contributed by atoms with E-state index in [1.807, 2.05) is 60.7 Å². The number of rotatable bonds is 8. The maximum absolute atomic E-state index is 13.2. The molecule has 0 aliphatic rings. The maximum atomic E-state index is 13.2. The van der Waals surface area contributed by atoms with E-state index in [1.165, 1.54) is 0 Å². The summed E-state index contributed by atoms with van der Waals surface area (Å²) in [5.74, 6) is -0.429. The van der Waals surface area contributed by atoms with Crippen LogP contribution in [-0.2, 0) is 4.74 Å². The lowest BCUT2D eigenvalue weighted by molar-refractivity contribution is 0.0520. The molecular formula is C30H28Cl2N2O2. The molecule has 1 N–H and O–H groups in total. The monoisotopic (exact) mass is 518 g/mol. The van der Waals surface area contributed by atoms with Gasteiger partial charge in [0.2, 0.25) is 0 Å². The normalized spacial score (nSPS) is 12.7. The van der Waals surface area contributed by atoms with Crippen LogP contribution in [0.3, 0.4) is 0 Å². The number of H-pyrrole nitrogens is 1. The molecule has 3 aromatic carbocycles. The summed E-state index contributed by atoms with van der Waals surface area (Å²) in [6, 6.07) is 23.3. The predicted molar refractivity (Wildman–Crippen MR) is 150 cm³/mol. The number of halogens is 2. The van der Waals surface area contributed by atoms with Gasteiger partial charge in [0.15, 0.2) is 0 Å². The lowest BCUT2D eigenvalue weighted by Crippen LogP contribution is -2.22. The van der Waals surface area contributed by atoms with Crippen LogP contribution in [-0.4, -0.2) is 22.5 Å². The second-order valence-electron chi connectivity index (χ2n) is 8.44. The molecule has 0 fully saturated rings. The van der Waals surface area contributed by atoms with Gasteiger partial charge in [0.05, 0.1) is 18.3 Å². The minimum Gasteiger partial charge on any atom is -0.461 e. The summed E-state index contributed by atoms with van der Waals surface area (Å²) in [5.41, 5.74) is 5.77. The van der Waals surface area contributed by atoms with E-state index in [9.17, 15) is 4.79 Å². The van der Waals surface area contributed by atoms with Crippen molar-refractivity contribution < 1.29 is 9.53 Å². The number of nitrogens with one attached hydrogen (secondary N) is 1. The fraction of sp³-hybridized carbons (Fsp3) is 0.167. The zero-order valence-electron chi connectivity index (χ0n) is 20.5. The highest BCUT2D eigenvalue weighted by Crippen LogP contribution is 2.41. The lowest BCUT2D eigenvalue weighted by atomic mass is 9.95. The van der Waals surface area contributed by atoms with E-state index >= 15 is 0 Å². The molecule has 4 rings (SSSR count). The zero-order chi connectivity index (χ0) is 25.8. The molecule has 0 aliphatic heterocycles. The lowest BCUT2D eigenvalue weighted by Gasteiger charge is -2.32. The Morgan fingerprint density at radius 3 is 2.36 bits per heavy atom. The van der Waals surface area contributed by atoms with E-state index in [-0.39, 0.29) is 12.6 Å². The molecule has 0 spiro atoms. The van der Waals surface area contributed by atoms with E-state index in [0.29, 0.717) is 15.7 Å². The molecule has 0 saturated heterocycles. The van der Waals surface area contributed by atoms with Gasteiger partial charge in [0.25, 0.3) is 0 Å². The maximum Gasteiger partial charge on any atom is 0.355 e. The fourth-order valence-electron chi connectivity index (χ4n) is 4.45. The van der Waals surface area contributed by atoms with E-state index in [4.69, 9.17) is 27.9 Å². The Hall–Kier alpha value is -3.47. The third kappa shape index (κ3) is 5.06. The molecule has 0 aliphatic carbocycles. The molecule has 0 saturated carbocycles. The number of carbonyl (C=O) groups excluding carboxylic acids is 1. The second kappa shape index (κ2) is 11.1. The van der Waals surface area contributed by atoms with Crippen LogP contribution in [0.4, 0.5) is 0 Å². The van der Waals surface area contributed by atoms with Gasteiger partial charge < -0.3 is 14.6 Å². The molecule has 6 heteroatoms. The van der Waals surface area contributed by atoms with Crippen LogP contribution < -0.4 is 0 Å². The Labute approximate surface area is 221 Å². The number of carbonyl (C=O) groups is 1. The Bertz CT molecular complexity index is 1420. The van der Waals surface area contributed by atoms with Crippen LogP contribution in [0, 0.1) is 0 Å². The first kappa shape index (κ1) is 25.6. The predicted octanol–water partition coefficient (Wildman–Crippen LogP) is 8.75. The van der Waals surface area contributed by atoms with Gasteiger partial charge in [-0.15, -0.1) is 0 Å². The molecule has 0 bridgehead atoms. The Morgan fingerprint density at radius 1 is 1.06 bits per heavy atom. The van der Waals surface area contributed by atoms with Gasteiger partial charge in [-0.25, -0.2) is 4.79 Å². The van der Waals surface area contributed by atoms with Gasteiger partial charge in [-0.3, -0.25) is 0 Å². The smallest absolute Gasteiger partial charge is 0.355 e. The summed E-state index contributed by atoms with van der Waals surface area (Å²) in [6.45, 7) is 10.4. The van der Waals surface area contributed by atoms with E-state index in [2.05, 4.69) is 42.4 Å². The molecule has 4 aromatic rings. The number of aromatic nitrogens is 1.